The summed E-state index contributed by atoms with van der Waals surface area (Å²) in [6.07, 6.45) is 1.24. The molecule has 0 unspecified atom stereocenters. The van der Waals surface area contributed by atoms with Gasteiger partial charge in [0, 0.05) is 21.0 Å². The van der Waals surface area contributed by atoms with Crippen molar-refractivity contribution < 1.29 is 5.11 Å². The van der Waals surface area contributed by atoms with Crippen LogP contribution in [-0.2, 0) is 0 Å². The van der Waals surface area contributed by atoms with Crippen LogP contribution < -0.4 is 0 Å². The minimum atomic E-state index is -0.524. The second-order valence-electron chi connectivity index (χ2n) is 3.65. The summed E-state index contributed by atoms with van der Waals surface area (Å²) < 4.78 is 0. The minimum Gasteiger partial charge on any atom is -0.387 e. The van der Waals surface area contributed by atoms with Gasteiger partial charge in [0.25, 0.3) is 0 Å². The number of hydrogen-bond acceptors (Lipinski definition) is 3. The summed E-state index contributed by atoms with van der Waals surface area (Å²) in [6, 6.07) is 11.4. The van der Waals surface area contributed by atoms with Crippen molar-refractivity contribution in [2.75, 3.05) is 0 Å². The van der Waals surface area contributed by atoms with Crippen molar-refractivity contribution in [3.8, 4) is 0 Å². The molecule has 0 aliphatic carbocycles. The number of halogens is 1. The lowest BCUT2D eigenvalue weighted by molar-refractivity contribution is 0.194. The molecule has 2 aromatic rings. The van der Waals surface area contributed by atoms with E-state index in [-0.39, 0.29) is 0 Å². The molecule has 1 aromatic carbocycles. The summed E-state index contributed by atoms with van der Waals surface area (Å²) in [5, 5.41) is 10.1. The largest absolute Gasteiger partial charge is 0.387 e. The number of rotatable bonds is 3. The summed E-state index contributed by atoms with van der Waals surface area (Å²) in [7, 11) is 0. The molecule has 0 aliphatic heterocycles. The molecule has 88 valence electrons. The summed E-state index contributed by atoms with van der Waals surface area (Å²) >= 11 is 7.43. The lowest BCUT2D eigenvalue weighted by atomic mass is 10.2. The first-order valence-electron chi connectivity index (χ1n) is 5.22. The zero-order chi connectivity index (χ0) is 12.3. The molecule has 0 saturated carbocycles. The first-order chi connectivity index (χ1) is 8.15. The van der Waals surface area contributed by atoms with Crippen LogP contribution in [0.2, 0.25) is 5.02 Å². The molecule has 1 atom stereocenters. The number of pyridine rings is 1. The molecular weight excluding hydrogens is 254 g/mol. The quantitative estimate of drug-likeness (QED) is 0.913. The molecule has 2 nitrogen and oxygen atoms in total. The van der Waals surface area contributed by atoms with Gasteiger partial charge in [-0.1, -0.05) is 23.4 Å². The molecule has 0 amide bonds. The van der Waals surface area contributed by atoms with Crippen LogP contribution in [0.1, 0.15) is 18.7 Å². The maximum absolute atomic E-state index is 9.35. The van der Waals surface area contributed by atoms with Crippen LogP contribution >= 0.6 is 23.4 Å². The third-order valence-electron chi connectivity index (χ3n) is 2.24. The molecular formula is C13H12ClNOS. The highest BCUT2D eigenvalue weighted by molar-refractivity contribution is 7.99. The van der Waals surface area contributed by atoms with Crippen LogP contribution in [-0.4, -0.2) is 10.1 Å². The highest BCUT2D eigenvalue weighted by atomic mass is 35.5. The Balaban J connectivity index is 2.11. The smallest absolute Gasteiger partial charge is 0.0931 e. The number of aliphatic hydroxyl groups excluding tert-OH is 1. The standard InChI is InChI=1S/C13H12ClNOS/c1-9(16)13-7-6-12(8-15-13)17-11-4-2-10(14)3-5-11/h2-9,16H,1H3/t9-/m0/s1. The fraction of sp³-hybridized carbons (Fsp3) is 0.154. The van der Waals surface area contributed by atoms with E-state index < -0.39 is 6.10 Å². The lowest BCUT2D eigenvalue weighted by Crippen LogP contribution is -1.94. The van der Waals surface area contributed by atoms with Crippen LogP contribution in [0.4, 0.5) is 0 Å². The van der Waals surface area contributed by atoms with E-state index in [0.29, 0.717) is 5.69 Å². The van der Waals surface area contributed by atoms with E-state index in [0.717, 1.165) is 14.8 Å². The van der Waals surface area contributed by atoms with E-state index in [9.17, 15) is 5.11 Å². The average Bonchev–Trinajstić information content (AvgIpc) is 2.33. The van der Waals surface area contributed by atoms with Gasteiger partial charge in [-0.3, -0.25) is 4.98 Å². The fourth-order valence-electron chi connectivity index (χ4n) is 1.34. The maximum atomic E-state index is 9.35. The van der Waals surface area contributed by atoms with Crippen LogP contribution in [0.3, 0.4) is 0 Å². The van der Waals surface area contributed by atoms with Crippen molar-refractivity contribution in [1.29, 1.82) is 0 Å². The zero-order valence-corrected chi connectivity index (χ0v) is 10.9. The third kappa shape index (κ3) is 3.46. The first kappa shape index (κ1) is 12.4. The van der Waals surface area contributed by atoms with Gasteiger partial charge in [0.05, 0.1) is 11.8 Å². The van der Waals surface area contributed by atoms with Crippen molar-refractivity contribution in [2.45, 2.75) is 22.8 Å². The number of nitrogens with zero attached hydrogens (tertiary/aromatic N) is 1. The fourth-order valence-corrected chi connectivity index (χ4v) is 2.25. The van der Waals surface area contributed by atoms with Gasteiger partial charge in [0.1, 0.15) is 0 Å². The molecule has 2 rings (SSSR count). The van der Waals surface area contributed by atoms with Gasteiger partial charge >= 0.3 is 0 Å². The van der Waals surface area contributed by atoms with Crippen LogP contribution in [0.25, 0.3) is 0 Å². The van der Waals surface area contributed by atoms with E-state index >= 15 is 0 Å². The minimum absolute atomic E-state index is 0.524. The third-order valence-corrected chi connectivity index (χ3v) is 3.47. The normalized spacial score (nSPS) is 12.4. The number of hydrogen-bond donors (Lipinski definition) is 1. The Labute approximate surface area is 110 Å². The van der Waals surface area contributed by atoms with Crippen molar-refractivity contribution in [3.63, 3.8) is 0 Å². The molecule has 0 saturated heterocycles. The Kier molecular flexibility index (Phi) is 4.05. The highest BCUT2D eigenvalue weighted by Crippen LogP contribution is 2.28. The van der Waals surface area contributed by atoms with Crippen molar-refractivity contribution in [1.82, 2.24) is 4.98 Å². The van der Waals surface area contributed by atoms with E-state index in [1.165, 1.54) is 0 Å². The Morgan fingerprint density at radius 1 is 1.12 bits per heavy atom. The molecule has 1 N–H and O–H groups in total. The number of aliphatic hydroxyl groups is 1. The van der Waals surface area contributed by atoms with Gasteiger partial charge in [-0.2, -0.15) is 0 Å². The molecule has 0 spiro atoms. The first-order valence-corrected chi connectivity index (χ1v) is 6.42. The van der Waals surface area contributed by atoms with Crippen molar-refractivity contribution in [2.24, 2.45) is 0 Å². The van der Waals surface area contributed by atoms with Gasteiger partial charge < -0.3 is 5.11 Å². The molecule has 4 heteroatoms. The molecule has 1 heterocycles. The molecule has 0 aliphatic rings. The van der Waals surface area contributed by atoms with Crippen molar-refractivity contribution >= 4 is 23.4 Å². The van der Waals surface area contributed by atoms with Gasteiger partial charge in [0.15, 0.2) is 0 Å². The average molecular weight is 266 g/mol. The monoisotopic (exact) mass is 265 g/mol. The topological polar surface area (TPSA) is 33.1 Å². The molecule has 17 heavy (non-hydrogen) atoms. The summed E-state index contributed by atoms with van der Waals surface area (Å²) in [6.45, 7) is 1.70. The van der Waals surface area contributed by atoms with E-state index in [2.05, 4.69) is 4.98 Å². The summed E-state index contributed by atoms with van der Waals surface area (Å²) in [5.74, 6) is 0. The second kappa shape index (κ2) is 5.54. The van der Waals surface area contributed by atoms with E-state index in [4.69, 9.17) is 11.6 Å². The Bertz CT molecular complexity index is 482. The van der Waals surface area contributed by atoms with Crippen LogP contribution in [0.15, 0.2) is 52.4 Å². The maximum Gasteiger partial charge on any atom is 0.0931 e. The van der Waals surface area contributed by atoms with E-state index in [1.807, 2.05) is 36.4 Å². The van der Waals surface area contributed by atoms with Gasteiger partial charge in [0.2, 0.25) is 0 Å². The molecule has 0 bridgehead atoms. The molecule has 1 aromatic heterocycles. The lowest BCUT2D eigenvalue weighted by Gasteiger charge is -2.05. The number of benzene rings is 1. The predicted molar refractivity (Wildman–Crippen MR) is 70.4 cm³/mol. The summed E-state index contributed by atoms with van der Waals surface area (Å²) in [5.41, 5.74) is 0.686. The molecule has 0 radical (unpaired) electrons. The Morgan fingerprint density at radius 2 is 1.76 bits per heavy atom. The van der Waals surface area contributed by atoms with Gasteiger partial charge in [-0.15, -0.1) is 0 Å². The highest BCUT2D eigenvalue weighted by Gasteiger charge is 2.03. The van der Waals surface area contributed by atoms with Crippen LogP contribution in [0, 0.1) is 0 Å². The Hall–Kier alpha value is -1.03. The second-order valence-corrected chi connectivity index (χ2v) is 5.23. The van der Waals surface area contributed by atoms with Crippen molar-refractivity contribution in [3.05, 3.63) is 53.3 Å². The SMILES string of the molecule is C[C@H](O)c1ccc(Sc2ccc(Cl)cc2)cn1. The van der Waals surface area contributed by atoms with E-state index in [1.54, 1.807) is 24.9 Å². The summed E-state index contributed by atoms with van der Waals surface area (Å²) in [4.78, 5) is 6.35. The predicted octanol–water partition coefficient (Wildman–Crippen LogP) is 3.94. The Morgan fingerprint density at radius 3 is 2.29 bits per heavy atom. The van der Waals surface area contributed by atoms with Crippen LogP contribution in [0.5, 0.6) is 0 Å². The van der Waals surface area contributed by atoms with Gasteiger partial charge in [-0.05, 0) is 43.3 Å². The number of aromatic nitrogens is 1. The van der Waals surface area contributed by atoms with Gasteiger partial charge in [-0.25, -0.2) is 0 Å². The molecule has 0 fully saturated rings. The zero-order valence-electron chi connectivity index (χ0n) is 9.30.